The summed E-state index contributed by atoms with van der Waals surface area (Å²) in [6, 6.07) is 5.29. The second kappa shape index (κ2) is 8.63. The van der Waals surface area contributed by atoms with Crippen LogP contribution in [0.1, 0.15) is 39.5 Å². The van der Waals surface area contributed by atoms with E-state index in [1.807, 2.05) is 0 Å². The van der Waals surface area contributed by atoms with Crippen molar-refractivity contribution in [3.8, 4) is 5.75 Å². The average molecular weight is 436 g/mol. The number of piperazine rings is 1. The van der Waals surface area contributed by atoms with Crippen molar-refractivity contribution in [2.45, 2.75) is 63.5 Å². The SMILES string of the molecule is CC1(C)CN(c2ccc(OC(F)(F)F)c(Cl)c2)[C@H]2CCCC[C@@H]2N1.Cl.Cl. The minimum absolute atomic E-state index is 0. The van der Waals surface area contributed by atoms with E-state index in [9.17, 15) is 13.2 Å². The quantitative estimate of drug-likeness (QED) is 0.656. The van der Waals surface area contributed by atoms with Gasteiger partial charge in [-0.2, -0.15) is 0 Å². The zero-order valence-electron chi connectivity index (χ0n) is 14.6. The lowest BCUT2D eigenvalue weighted by Crippen LogP contribution is -2.67. The molecule has 1 heterocycles. The van der Waals surface area contributed by atoms with E-state index >= 15 is 0 Å². The second-order valence-corrected chi connectivity index (χ2v) is 7.68. The Labute approximate surface area is 169 Å². The van der Waals surface area contributed by atoms with E-state index in [0.717, 1.165) is 25.1 Å². The largest absolute Gasteiger partial charge is 0.573 e. The van der Waals surface area contributed by atoms with Gasteiger partial charge in [-0.1, -0.05) is 24.4 Å². The molecule has 3 rings (SSSR count). The summed E-state index contributed by atoms with van der Waals surface area (Å²) in [5, 5.41) is 3.68. The van der Waals surface area contributed by atoms with Gasteiger partial charge in [-0.3, -0.25) is 0 Å². The Morgan fingerprint density at radius 3 is 2.46 bits per heavy atom. The van der Waals surface area contributed by atoms with Gasteiger partial charge >= 0.3 is 6.36 Å². The molecule has 1 aromatic rings. The first-order valence-electron chi connectivity index (χ1n) is 8.24. The van der Waals surface area contributed by atoms with Crippen molar-refractivity contribution in [3.63, 3.8) is 0 Å². The van der Waals surface area contributed by atoms with Crippen LogP contribution in [0.25, 0.3) is 0 Å². The molecule has 3 nitrogen and oxygen atoms in total. The van der Waals surface area contributed by atoms with E-state index in [1.165, 1.54) is 18.9 Å². The normalized spacial score (nSPS) is 24.8. The fraction of sp³-hybridized carbons (Fsp3) is 0.647. The Morgan fingerprint density at radius 2 is 1.85 bits per heavy atom. The molecule has 0 radical (unpaired) electrons. The van der Waals surface area contributed by atoms with Crippen molar-refractivity contribution in [2.75, 3.05) is 11.4 Å². The number of ether oxygens (including phenoxy) is 1. The Morgan fingerprint density at radius 1 is 1.19 bits per heavy atom. The molecule has 2 fully saturated rings. The number of hydrogen-bond acceptors (Lipinski definition) is 3. The lowest BCUT2D eigenvalue weighted by Gasteiger charge is -2.52. The Bertz CT molecular complexity index is 613. The van der Waals surface area contributed by atoms with E-state index in [1.54, 1.807) is 12.1 Å². The average Bonchev–Trinajstić information content (AvgIpc) is 2.46. The number of anilines is 1. The van der Waals surface area contributed by atoms with Crippen LogP contribution in [-0.2, 0) is 0 Å². The lowest BCUT2D eigenvalue weighted by molar-refractivity contribution is -0.274. The van der Waals surface area contributed by atoms with Gasteiger partial charge < -0.3 is 15.0 Å². The first-order chi connectivity index (χ1) is 11.1. The number of alkyl halides is 3. The van der Waals surface area contributed by atoms with Crippen LogP contribution in [0.3, 0.4) is 0 Å². The molecule has 1 N–H and O–H groups in total. The highest BCUT2D eigenvalue weighted by Crippen LogP contribution is 2.38. The summed E-state index contributed by atoms with van der Waals surface area (Å²) < 4.78 is 41.2. The van der Waals surface area contributed by atoms with Gasteiger partial charge in [0.1, 0.15) is 5.75 Å². The molecule has 2 aliphatic rings. The van der Waals surface area contributed by atoms with Gasteiger partial charge in [0.25, 0.3) is 0 Å². The highest BCUT2D eigenvalue weighted by atomic mass is 35.5. The number of fused-ring (bicyclic) bond motifs is 1. The Balaban J connectivity index is 0.00000169. The third-order valence-corrected chi connectivity index (χ3v) is 5.04. The van der Waals surface area contributed by atoms with Gasteiger partial charge in [0.2, 0.25) is 0 Å². The van der Waals surface area contributed by atoms with Crippen molar-refractivity contribution < 1.29 is 17.9 Å². The molecule has 1 aliphatic heterocycles. The molecular weight excluding hydrogens is 412 g/mol. The molecule has 150 valence electrons. The fourth-order valence-corrected chi connectivity index (χ4v) is 4.12. The molecular formula is C17H24Cl3F3N2O. The van der Waals surface area contributed by atoms with Gasteiger partial charge in [0, 0.05) is 29.9 Å². The highest BCUT2D eigenvalue weighted by Gasteiger charge is 2.40. The predicted molar refractivity (Wildman–Crippen MR) is 103 cm³/mol. The van der Waals surface area contributed by atoms with E-state index < -0.39 is 6.36 Å². The topological polar surface area (TPSA) is 24.5 Å². The van der Waals surface area contributed by atoms with E-state index in [4.69, 9.17) is 11.6 Å². The van der Waals surface area contributed by atoms with Crippen molar-refractivity contribution in [1.82, 2.24) is 5.32 Å². The van der Waals surface area contributed by atoms with Crippen LogP contribution in [0.15, 0.2) is 18.2 Å². The number of halogens is 6. The van der Waals surface area contributed by atoms with Crippen LogP contribution >= 0.6 is 36.4 Å². The maximum absolute atomic E-state index is 12.4. The fourth-order valence-electron chi connectivity index (χ4n) is 3.90. The van der Waals surface area contributed by atoms with Crippen LogP contribution in [0.4, 0.5) is 18.9 Å². The highest BCUT2D eigenvalue weighted by molar-refractivity contribution is 6.32. The smallest absolute Gasteiger partial charge is 0.404 e. The molecule has 0 amide bonds. The summed E-state index contributed by atoms with van der Waals surface area (Å²) in [4.78, 5) is 2.28. The van der Waals surface area contributed by atoms with Gasteiger partial charge in [-0.15, -0.1) is 38.0 Å². The van der Waals surface area contributed by atoms with Crippen molar-refractivity contribution in [3.05, 3.63) is 23.2 Å². The molecule has 2 atom stereocenters. The first kappa shape index (κ1) is 23.5. The molecule has 1 saturated carbocycles. The van der Waals surface area contributed by atoms with Crippen molar-refractivity contribution in [1.29, 1.82) is 0 Å². The summed E-state index contributed by atoms with van der Waals surface area (Å²) in [5.41, 5.74) is 0.785. The molecule has 1 aliphatic carbocycles. The number of benzene rings is 1. The van der Waals surface area contributed by atoms with Gasteiger partial charge in [0.05, 0.1) is 5.02 Å². The maximum atomic E-state index is 12.4. The first-order valence-corrected chi connectivity index (χ1v) is 8.62. The summed E-state index contributed by atoms with van der Waals surface area (Å²) in [6.07, 6.45) is -0.170. The lowest BCUT2D eigenvalue weighted by atomic mass is 9.83. The van der Waals surface area contributed by atoms with Crippen LogP contribution in [0, 0.1) is 0 Å². The van der Waals surface area contributed by atoms with Gasteiger partial charge in [-0.25, -0.2) is 0 Å². The van der Waals surface area contributed by atoms with Crippen molar-refractivity contribution >= 4 is 42.1 Å². The monoisotopic (exact) mass is 434 g/mol. The van der Waals surface area contributed by atoms with E-state index in [-0.39, 0.29) is 41.1 Å². The third-order valence-electron chi connectivity index (χ3n) is 4.74. The number of rotatable bonds is 2. The minimum Gasteiger partial charge on any atom is -0.404 e. The molecule has 0 bridgehead atoms. The second-order valence-electron chi connectivity index (χ2n) is 7.28. The number of hydrogen-bond donors (Lipinski definition) is 1. The van der Waals surface area contributed by atoms with Crippen LogP contribution in [0.5, 0.6) is 5.75 Å². The Kier molecular flexibility index (Phi) is 7.80. The minimum atomic E-state index is -4.74. The predicted octanol–water partition coefficient (Wildman–Crippen LogP) is 5.58. The maximum Gasteiger partial charge on any atom is 0.573 e. The zero-order valence-corrected chi connectivity index (χ0v) is 17.0. The number of nitrogens with zero attached hydrogens (tertiary/aromatic N) is 1. The molecule has 0 aromatic heterocycles. The summed E-state index contributed by atoms with van der Waals surface area (Å²) in [5.74, 6) is -0.359. The van der Waals surface area contributed by atoms with E-state index in [2.05, 4.69) is 28.8 Å². The summed E-state index contributed by atoms with van der Waals surface area (Å²) in [7, 11) is 0. The molecule has 9 heteroatoms. The van der Waals surface area contributed by atoms with Crippen LogP contribution in [-0.4, -0.2) is 30.5 Å². The Hall–Kier alpha value is -0.560. The van der Waals surface area contributed by atoms with Crippen molar-refractivity contribution in [2.24, 2.45) is 0 Å². The molecule has 26 heavy (non-hydrogen) atoms. The third kappa shape index (κ3) is 5.47. The van der Waals surface area contributed by atoms with E-state index in [0.29, 0.717) is 12.1 Å². The van der Waals surface area contributed by atoms with Gasteiger partial charge in [-0.05, 0) is 44.9 Å². The summed E-state index contributed by atoms with van der Waals surface area (Å²) in [6.45, 7) is 5.07. The van der Waals surface area contributed by atoms with Gasteiger partial charge in [0.15, 0.2) is 0 Å². The molecule has 1 saturated heterocycles. The molecule has 0 spiro atoms. The van der Waals surface area contributed by atoms with Crippen LogP contribution in [0.2, 0.25) is 5.02 Å². The molecule has 1 aromatic carbocycles. The standard InChI is InChI=1S/C17H22ClF3N2O.2ClH/c1-16(2)10-23(14-6-4-3-5-13(14)22-16)11-7-8-15(12(18)9-11)24-17(19,20)21;;/h7-9,13-14,22H,3-6,10H2,1-2H3;2*1H/t13-,14-;;/m0../s1. The number of nitrogens with one attached hydrogen (secondary N) is 1. The zero-order chi connectivity index (χ0) is 17.5. The summed E-state index contributed by atoms with van der Waals surface area (Å²) >= 11 is 6.03. The van der Waals surface area contributed by atoms with Crippen LogP contribution < -0.4 is 15.0 Å². The molecule has 0 unspecified atom stereocenters.